The molecule has 2 rings (SSSR count). The van der Waals surface area contributed by atoms with Crippen molar-refractivity contribution in [2.24, 2.45) is 5.73 Å². The lowest BCUT2D eigenvalue weighted by atomic mass is 9.89. The SMILES string of the molecule is NC1(C(=O)c2cc(F)ccc2F)CCOC1. The number of hydrogen-bond acceptors (Lipinski definition) is 3. The number of ketones is 1. The maximum atomic E-state index is 13.4. The fourth-order valence-corrected chi connectivity index (χ4v) is 1.70. The van der Waals surface area contributed by atoms with Gasteiger partial charge >= 0.3 is 0 Å². The summed E-state index contributed by atoms with van der Waals surface area (Å²) in [7, 11) is 0. The van der Waals surface area contributed by atoms with Crippen LogP contribution in [0, 0.1) is 11.6 Å². The van der Waals surface area contributed by atoms with Crippen LogP contribution in [0.2, 0.25) is 0 Å². The number of hydrogen-bond donors (Lipinski definition) is 1. The average Bonchev–Trinajstić information content (AvgIpc) is 2.69. The molecule has 1 atom stereocenters. The maximum absolute atomic E-state index is 13.4. The van der Waals surface area contributed by atoms with Gasteiger partial charge in [0.15, 0.2) is 5.78 Å². The highest BCUT2D eigenvalue weighted by atomic mass is 19.1. The molecule has 0 amide bonds. The Bertz CT molecular complexity index is 428. The van der Waals surface area contributed by atoms with Crippen LogP contribution in [0.1, 0.15) is 16.8 Å². The second kappa shape index (κ2) is 3.92. The van der Waals surface area contributed by atoms with Crippen LogP contribution >= 0.6 is 0 Å². The van der Waals surface area contributed by atoms with Gasteiger partial charge < -0.3 is 10.5 Å². The average molecular weight is 227 g/mol. The van der Waals surface area contributed by atoms with Crippen LogP contribution in [-0.2, 0) is 4.74 Å². The number of benzene rings is 1. The molecule has 2 N–H and O–H groups in total. The Morgan fingerprint density at radius 1 is 1.44 bits per heavy atom. The van der Waals surface area contributed by atoms with Gasteiger partial charge in [0.2, 0.25) is 0 Å². The van der Waals surface area contributed by atoms with Crippen molar-refractivity contribution in [1.29, 1.82) is 0 Å². The van der Waals surface area contributed by atoms with Crippen molar-refractivity contribution in [3.05, 3.63) is 35.4 Å². The van der Waals surface area contributed by atoms with Gasteiger partial charge in [-0.05, 0) is 24.6 Å². The second-order valence-electron chi connectivity index (χ2n) is 3.91. The van der Waals surface area contributed by atoms with E-state index in [2.05, 4.69) is 0 Å². The molecule has 0 aromatic heterocycles. The Morgan fingerprint density at radius 2 is 2.19 bits per heavy atom. The first-order valence-electron chi connectivity index (χ1n) is 4.89. The lowest BCUT2D eigenvalue weighted by molar-refractivity contribution is 0.0858. The standard InChI is InChI=1S/C11H11F2NO2/c12-7-1-2-9(13)8(5-7)10(15)11(14)3-4-16-6-11/h1-2,5H,3-4,6,14H2. The highest BCUT2D eigenvalue weighted by Crippen LogP contribution is 2.23. The summed E-state index contributed by atoms with van der Waals surface area (Å²) >= 11 is 0. The van der Waals surface area contributed by atoms with Crippen LogP contribution in [-0.4, -0.2) is 24.5 Å². The van der Waals surface area contributed by atoms with E-state index >= 15 is 0 Å². The maximum Gasteiger partial charge on any atom is 0.188 e. The third-order valence-electron chi connectivity index (χ3n) is 2.68. The molecule has 0 saturated carbocycles. The molecule has 1 heterocycles. The van der Waals surface area contributed by atoms with Crippen molar-refractivity contribution in [3.8, 4) is 0 Å². The molecule has 5 heteroatoms. The van der Waals surface area contributed by atoms with Crippen molar-refractivity contribution in [3.63, 3.8) is 0 Å². The van der Waals surface area contributed by atoms with Crippen LogP contribution in [0.25, 0.3) is 0 Å². The monoisotopic (exact) mass is 227 g/mol. The summed E-state index contributed by atoms with van der Waals surface area (Å²) in [5.41, 5.74) is 4.25. The minimum absolute atomic E-state index is 0.0434. The number of nitrogens with two attached hydrogens (primary N) is 1. The molecule has 1 aliphatic rings. The molecule has 86 valence electrons. The molecule has 16 heavy (non-hydrogen) atoms. The van der Waals surface area contributed by atoms with E-state index in [9.17, 15) is 13.6 Å². The number of Topliss-reactive ketones (excluding diaryl/α,β-unsaturated/α-hetero) is 1. The Balaban J connectivity index is 2.36. The van der Waals surface area contributed by atoms with Crippen molar-refractivity contribution in [2.75, 3.05) is 13.2 Å². The molecule has 1 aliphatic heterocycles. The number of carbonyl (C=O) groups is 1. The van der Waals surface area contributed by atoms with Crippen LogP contribution in [0.5, 0.6) is 0 Å². The van der Waals surface area contributed by atoms with Crippen LogP contribution < -0.4 is 5.73 Å². The summed E-state index contributed by atoms with van der Waals surface area (Å²) in [6, 6.07) is 2.74. The van der Waals surface area contributed by atoms with Gasteiger partial charge in [0.05, 0.1) is 12.2 Å². The third kappa shape index (κ3) is 1.83. The highest BCUT2D eigenvalue weighted by Gasteiger charge is 2.39. The quantitative estimate of drug-likeness (QED) is 0.774. The van der Waals surface area contributed by atoms with E-state index in [1.165, 1.54) is 0 Å². The normalized spacial score (nSPS) is 24.7. The van der Waals surface area contributed by atoms with E-state index in [1.807, 2.05) is 0 Å². The summed E-state index contributed by atoms with van der Waals surface area (Å²) in [5, 5.41) is 0. The summed E-state index contributed by atoms with van der Waals surface area (Å²) < 4.78 is 31.3. The van der Waals surface area contributed by atoms with Gasteiger partial charge in [-0.2, -0.15) is 0 Å². The second-order valence-corrected chi connectivity index (χ2v) is 3.91. The Labute approximate surface area is 91.2 Å². The minimum Gasteiger partial charge on any atom is -0.379 e. The molecular weight excluding hydrogens is 216 g/mol. The molecular formula is C11H11F2NO2. The number of halogens is 2. The van der Waals surface area contributed by atoms with E-state index in [4.69, 9.17) is 10.5 Å². The Hall–Kier alpha value is -1.33. The van der Waals surface area contributed by atoms with E-state index < -0.39 is 23.0 Å². The molecule has 1 fully saturated rings. The van der Waals surface area contributed by atoms with E-state index in [-0.39, 0.29) is 12.2 Å². The Kier molecular flexibility index (Phi) is 2.73. The fourth-order valence-electron chi connectivity index (χ4n) is 1.70. The van der Waals surface area contributed by atoms with Crippen molar-refractivity contribution in [2.45, 2.75) is 12.0 Å². The largest absolute Gasteiger partial charge is 0.379 e. The van der Waals surface area contributed by atoms with Crippen LogP contribution in [0.3, 0.4) is 0 Å². The topological polar surface area (TPSA) is 52.3 Å². The lowest BCUT2D eigenvalue weighted by Crippen LogP contribution is -2.48. The van der Waals surface area contributed by atoms with Gasteiger partial charge in [-0.3, -0.25) is 4.79 Å². The van der Waals surface area contributed by atoms with Crippen molar-refractivity contribution < 1.29 is 18.3 Å². The Morgan fingerprint density at radius 3 is 2.81 bits per heavy atom. The number of carbonyl (C=O) groups excluding carboxylic acids is 1. The van der Waals surface area contributed by atoms with Crippen molar-refractivity contribution >= 4 is 5.78 Å². The van der Waals surface area contributed by atoms with Gasteiger partial charge in [0.1, 0.15) is 17.2 Å². The van der Waals surface area contributed by atoms with E-state index in [0.29, 0.717) is 13.0 Å². The highest BCUT2D eigenvalue weighted by molar-refractivity contribution is 6.03. The zero-order valence-electron chi connectivity index (χ0n) is 8.50. The van der Waals surface area contributed by atoms with Crippen LogP contribution in [0.15, 0.2) is 18.2 Å². The minimum atomic E-state index is -1.23. The van der Waals surface area contributed by atoms with Gasteiger partial charge in [0, 0.05) is 6.61 Å². The summed E-state index contributed by atoms with van der Waals surface area (Å²) in [6.45, 7) is 0.404. The van der Waals surface area contributed by atoms with E-state index in [1.54, 1.807) is 0 Å². The third-order valence-corrected chi connectivity index (χ3v) is 2.68. The molecule has 1 aromatic rings. The molecule has 1 aromatic carbocycles. The molecule has 0 aliphatic carbocycles. The smallest absolute Gasteiger partial charge is 0.188 e. The molecule has 1 unspecified atom stereocenters. The molecule has 3 nitrogen and oxygen atoms in total. The zero-order chi connectivity index (χ0) is 11.8. The predicted molar refractivity (Wildman–Crippen MR) is 53.0 cm³/mol. The summed E-state index contributed by atoms with van der Waals surface area (Å²) in [4.78, 5) is 11.9. The van der Waals surface area contributed by atoms with Crippen LogP contribution in [0.4, 0.5) is 8.78 Å². The van der Waals surface area contributed by atoms with Gasteiger partial charge in [-0.1, -0.05) is 0 Å². The summed E-state index contributed by atoms with van der Waals surface area (Å²) in [6.07, 6.45) is 0.321. The number of rotatable bonds is 2. The lowest BCUT2D eigenvalue weighted by Gasteiger charge is -2.20. The summed E-state index contributed by atoms with van der Waals surface area (Å²) in [5.74, 6) is -2.03. The first-order valence-corrected chi connectivity index (χ1v) is 4.89. The van der Waals surface area contributed by atoms with Gasteiger partial charge in [0.25, 0.3) is 0 Å². The van der Waals surface area contributed by atoms with Gasteiger partial charge in [-0.25, -0.2) is 8.78 Å². The predicted octanol–water partition coefficient (Wildman–Crippen LogP) is 1.27. The first-order chi connectivity index (χ1) is 7.53. The van der Waals surface area contributed by atoms with Gasteiger partial charge in [-0.15, -0.1) is 0 Å². The fraction of sp³-hybridized carbons (Fsp3) is 0.364. The molecule has 0 bridgehead atoms. The zero-order valence-corrected chi connectivity index (χ0v) is 8.50. The molecule has 1 saturated heterocycles. The molecule has 0 radical (unpaired) electrons. The number of ether oxygens (including phenoxy) is 1. The molecule has 0 spiro atoms. The van der Waals surface area contributed by atoms with Crippen molar-refractivity contribution in [1.82, 2.24) is 0 Å². The first kappa shape index (κ1) is 11.2. The van der Waals surface area contributed by atoms with E-state index in [0.717, 1.165) is 18.2 Å².